The summed E-state index contributed by atoms with van der Waals surface area (Å²) in [4.78, 5) is 18.2. The van der Waals surface area contributed by atoms with Crippen molar-refractivity contribution in [3.05, 3.63) is 64.3 Å². The summed E-state index contributed by atoms with van der Waals surface area (Å²) in [5, 5.41) is 3.34. The molecule has 1 aromatic carbocycles. The van der Waals surface area contributed by atoms with E-state index >= 15 is 0 Å². The fraction of sp³-hybridized carbons (Fsp3) is 0.391. The van der Waals surface area contributed by atoms with E-state index in [4.69, 9.17) is 4.74 Å². The normalized spacial score (nSPS) is 14.7. The van der Waals surface area contributed by atoms with Crippen LogP contribution in [-0.2, 0) is 0 Å². The molecule has 3 rings (SSSR count). The molecule has 0 radical (unpaired) electrons. The third-order valence-electron chi connectivity index (χ3n) is 5.74. The van der Waals surface area contributed by atoms with Gasteiger partial charge in [0.2, 0.25) is 11.4 Å². The number of fused-ring (bicyclic) bond motifs is 1. The van der Waals surface area contributed by atoms with Crippen LogP contribution in [-0.4, -0.2) is 23.3 Å². The number of nitrogens with one attached hydrogen (secondary N) is 2. The van der Waals surface area contributed by atoms with Crippen molar-refractivity contribution in [3.63, 3.8) is 0 Å². The summed E-state index contributed by atoms with van der Waals surface area (Å²) in [5.41, 5.74) is -1.99. The molecule has 0 amide bonds. The van der Waals surface area contributed by atoms with Crippen molar-refractivity contribution < 1.29 is 22.3 Å². The Balaban J connectivity index is 2.21. The molecule has 0 saturated carbocycles. The number of anilines is 1. The van der Waals surface area contributed by atoms with Crippen LogP contribution in [0.3, 0.4) is 0 Å². The molecular formula is C23H25F4N3O2. The summed E-state index contributed by atoms with van der Waals surface area (Å²) >= 11 is 0. The predicted molar refractivity (Wildman–Crippen MR) is 115 cm³/mol. The molecule has 0 spiro atoms. The molecule has 2 aromatic heterocycles. The molecule has 0 fully saturated rings. The fourth-order valence-corrected chi connectivity index (χ4v) is 3.83. The Hall–Kier alpha value is -3.10. The molecule has 0 aliphatic heterocycles. The molecule has 2 heterocycles. The number of unbranched alkanes of at least 4 members (excludes halogenated alkanes) is 1. The number of alkyl halides is 3. The number of nitrogens with zero attached hydrogens (tertiary/aromatic N) is 1. The number of aromatic amines is 1. The second kappa shape index (κ2) is 9.18. The quantitative estimate of drug-likeness (QED) is 0.413. The first-order valence-electron chi connectivity index (χ1n) is 10.2. The highest BCUT2D eigenvalue weighted by molar-refractivity contribution is 5.91. The molecule has 9 heteroatoms. The van der Waals surface area contributed by atoms with Crippen molar-refractivity contribution in [2.75, 3.05) is 12.4 Å². The van der Waals surface area contributed by atoms with Crippen LogP contribution in [0.4, 0.5) is 23.2 Å². The van der Waals surface area contributed by atoms with E-state index in [0.29, 0.717) is 23.8 Å². The van der Waals surface area contributed by atoms with Crippen molar-refractivity contribution in [2.24, 2.45) is 5.41 Å². The minimum Gasteiger partial charge on any atom is -0.481 e. The molecule has 0 saturated heterocycles. The van der Waals surface area contributed by atoms with E-state index in [0.717, 1.165) is 19.1 Å². The molecular weight excluding hydrogens is 426 g/mol. The lowest BCUT2D eigenvalue weighted by Gasteiger charge is -2.40. The highest BCUT2D eigenvalue weighted by Crippen LogP contribution is 2.52. The zero-order chi connectivity index (χ0) is 23.5. The van der Waals surface area contributed by atoms with Crippen molar-refractivity contribution in [1.82, 2.24) is 9.97 Å². The molecule has 32 heavy (non-hydrogen) atoms. The van der Waals surface area contributed by atoms with E-state index in [1.807, 2.05) is 6.92 Å². The molecule has 2 unspecified atom stereocenters. The first-order chi connectivity index (χ1) is 15.1. The number of ether oxygens (including phenoxy) is 1. The Bertz CT molecular complexity index is 1150. The summed E-state index contributed by atoms with van der Waals surface area (Å²) in [6.45, 7) is 2.99. The SMILES string of the molecule is CCCCC(C)(C(Nc1cc(F)cc2[nH]c(=O)ccc12)c1ccnc(OC)c1)C(F)(F)F. The largest absolute Gasteiger partial charge is 0.481 e. The summed E-state index contributed by atoms with van der Waals surface area (Å²) in [6, 6.07) is 6.61. The van der Waals surface area contributed by atoms with Crippen molar-refractivity contribution in [3.8, 4) is 5.88 Å². The average Bonchev–Trinajstić information content (AvgIpc) is 2.74. The summed E-state index contributed by atoms with van der Waals surface area (Å²) < 4.78 is 62.9. The topological polar surface area (TPSA) is 67.0 Å². The Morgan fingerprint density at radius 1 is 1.19 bits per heavy atom. The summed E-state index contributed by atoms with van der Waals surface area (Å²) in [7, 11) is 1.38. The van der Waals surface area contributed by atoms with Crippen molar-refractivity contribution >= 4 is 16.6 Å². The lowest BCUT2D eigenvalue weighted by molar-refractivity contribution is -0.227. The van der Waals surface area contributed by atoms with Crippen LogP contribution in [0.2, 0.25) is 0 Å². The number of methoxy groups -OCH3 is 1. The van der Waals surface area contributed by atoms with E-state index < -0.39 is 29.0 Å². The van der Waals surface area contributed by atoms with Crippen LogP contribution in [0.5, 0.6) is 5.88 Å². The van der Waals surface area contributed by atoms with Gasteiger partial charge < -0.3 is 15.0 Å². The van der Waals surface area contributed by atoms with Crippen LogP contribution in [0.1, 0.15) is 44.7 Å². The van der Waals surface area contributed by atoms with Gasteiger partial charge in [0.25, 0.3) is 0 Å². The number of hydrogen-bond donors (Lipinski definition) is 2. The molecule has 5 nitrogen and oxygen atoms in total. The van der Waals surface area contributed by atoms with Gasteiger partial charge in [-0.3, -0.25) is 4.79 Å². The van der Waals surface area contributed by atoms with Gasteiger partial charge in [0.1, 0.15) is 5.82 Å². The number of aromatic nitrogens is 2. The number of H-pyrrole nitrogens is 1. The maximum absolute atomic E-state index is 14.5. The minimum atomic E-state index is -4.56. The fourth-order valence-electron chi connectivity index (χ4n) is 3.83. The van der Waals surface area contributed by atoms with Crippen LogP contribution < -0.4 is 15.6 Å². The van der Waals surface area contributed by atoms with Gasteiger partial charge in [0.05, 0.1) is 24.1 Å². The minimum absolute atomic E-state index is 0.139. The highest BCUT2D eigenvalue weighted by atomic mass is 19.4. The van der Waals surface area contributed by atoms with Crippen molar-refractivity contribution in [1.29, 1.82) is 0 Å². The smallest absolute Gasteiger partial charge is 0.396 e. The molecule has 0 bridgehead atoms. The van der Waals surface area contributed by atoms with Crippen LogP contribution in [0, 0.1) is 11.2 Å². The standard InChI is InChI=1S/C23H25F4N3O2/c1-4-5-9-22(2,23(25,26)27)21(14-8-10-28-20(11-14)32-3)30-18-13-15(24)12-17-16(18)6-7-19(31)29-17/h6-8,10-13,21,30H,4-5,9H2,1-3H3,(H,29,31). The van der Waals surface area contributed by atoms with Gasteiger partial charge in [-0.2, -0.15) is 13.2 Å². The molecule has 0 aliphatic rings. The number of halogens is 4. The second-order valence-corrected chi connectivity index (χ2v) is 7.96. The Morgan fingerprint density at radius 2 is 1.94 bits per heavy atom. The maximum atomic E-state index is 14.5. The van der Waals surface area contributed by atoms with E-state index in [1.165, 1.54) is 37.6 Å². The second-order valence-electron chi connectivity index (χ2n) is 7.96. The zero-order valence-electron chi connectivity index (χ0n) is 18.0. The van der Waals surface area contributed by atoms with Gasteiger partial charge >= 0.3 is 6.18 Å². The van der Waals surface area contributed by atoms with Crippen LogP contribution in [0.25, 0.3) is 10.9 Å². The first kappa shape index (κ1) is 23.6. The molecule has 2 atom stereocenters. The van der Waals surface area contributed by atoms with E-state index in [1.54, 1.807) is 0 Å². The van der Waals surface area contributed by atoms with Crippen LogP contribution >= 0.6 is 0 Å². The van der Waals surface area contributed by atoms with E-state index in [9.17, 15) is 22.4 Å². The number of benzene rings is 1. The predicted octanol–water partition coefficient (Wildman–Crippen LogP) is 5.98. The third-order valence-corrected chi connectivity index (χ3v) is 5.74. The Labute approximate surface area is 182 Å². The number of hydrogen-bond acceptors (Lipinski definition) is 4. The third kappa shape index (κ3) is 4.71. The molecule has 0 aliphatic carbocycles. The molecule has 2 N–H and O–H groups in total. The van der Waals surface area contributed by atoms with Gasteiger partial charge in [-0.15, -0.1) is 0 Å². The van der Waals surface area contributed by atoms with Gasteiger partial charge in [-0.05, 0) is 43.2 Å². The van der Waals surface area contributed by atoms with Gasteiger partial charge in [0.15, 0.2) is 0 Å². The molecule has 172 valence electrons. The van der Waals surface area contributed by atoms with E-state index in [-0.39, 0.29) is 23.5 Å². The lowest BCUT2D eigenvalue weighted by atomic mass is 9.74. The summed E-state index contributed by atoms with van der Waals surface area (Å²) in [5.74, 6) is -0.516. The van der Waals surface area contributed by atoms with Gasteiger partial charge in [-0.25, -0.2) is 9.37 Å². The Kier molecular flexibility index (Phi) is 6.76. The van der Waals surface area contributed by atoms with Crippen LogP contribution in [0.15, 0.2) is 47.4 Å². The molecule has 3 aromatic rings. The van der Waals surface area contributed by atoms with Gasteiger partial charge in [0, 0.05) is 29.4 Å². The zero-order valence-corrected chi connectivity index (χ0v) is 18.0. The monoisotopic (exact) mass is 451 g/mol. The lowest BCUT2D eigenvalue weighted by Crippen LogP contribution is -2.44. The number of pyridine rings is 2. The van der Waals surface area contributed by atoms with Gasteiger partial charge in [-0.1, -0.05) is 19.8 Å². The first-order valence-corrected chi connectivity index (χ1v) is 10.2. The Morgan fingerprint density at radius 3 is 2.59 bits per heavy atom. The van der Waals surface area contributed by atoms with Crippen molar-refractivity contribution in [2.45, 2.75) is 45.3 Å². The average molecular weight is 451 g/mol. The maximum Gasteiger partial charge on any atom is 0.396 e. The highest BCUT2D eigenvalue weighted by Gasteiger charge is 2.56. The van der Waals surface area contributed by atoms with E-state index in [2.05, 4.69) is 15.3 Å². The summed E-state index contributed by atoms with van der Waals surface area (Å²) in [6.07, 6.45) is -2.39. The number of rotatable bonds is 8.